The molecule has 0 N–H and O–H groups in total. The van der Waals surface area contributed by atoms with Crippen LogP contribution >= 0.6 is 0 Å². The van der Waals surface area contributed by atoms with Crippen LogP contribution in [-0.4, -0.2) is 17.9 Å². The molecule has 0 aliphatic heterocycles. The fraction of sp³-hybridized carbons (Fsp3) is 0.750. The summed E-state index contributed by atoms with van der Waals surface area (Å²) in [6, 6.07) is 0. The Bertz CT molecular complexity index is 233. The molecule has 5 heteroatoms. The zero-order valence-electron chi connectivity index (χ0n) is 10.8. The summed E-state index contributed by atoms with van der Waals surface area (Å²) in [7, 11) is 0. The van der Waals surface area contributed by atoms with E-state index in [0.29, 0.717) is 6.42 Å². The Kier molecular flexibility index (Phi) is 13.4. The van der Waals surface area contributed by atoms with Gasteiger partial charge in [-0.15, -0.1) is 0 Å². The van der Waals surface area contributed by atoms with Gasteiger partial charge in [0.2, 0.25) is 0 Å². The maximum Gasteiger partial charge on any atom is 0.313 e. The number of rotatable bonds is 6. The van der Waals surface area contributed by atoms with Crippen molar-refractivity contribution in [3.8, 4) is 0 Å². The smallest absolute Gasteiger partial charge is 0.313 e. The van der Waals surface area contributed by atoms with Crippen LogP contribution in [0, 0.1) is 0 Å². The summed E-state index contributed by atoms with van der Waals surface area (Å²) in [5, 5.41) is 9.91. The van der Waals surface area contributed by atoms with Crippen LogP contribution in [0.2, 0.25) is 0 Å². The molecule has 0 fully saturated rings. The van der Waals surface area contributed by atoms with E-state index in [9.17, 15) is 19.5 Å². The fourth-order valence-corrected chi connectivity index (χ4v) is 0.637. The first kappa shape index (κ1) is 18.0. The fourth-order valence-electron chi connectivity index (χ4n) is 0.637. The molecule has 0 bridgehead atoms. The Hall–Kier alpha value is -1.39. The zero-order valence-corrected chi connectivity index (χ0v) is 10.8. The molecule has 0 aromatic heterocycles. The van der Waals surface area contributed by atoms with E-state index in [-0.39, 0.29) is 12.8 Å². The lowest BCUT2D eigenvalue weighted by Crippen LogP contribution is -2.23. The normalized spacial score (nSPS) is 8.88. The molecule has 0 saturated carbocycles. The molecule has 0 rings (SSSR count). The first-order valence-corrected chi connectivity index (χ1v) is 5.91. The van der Waals surface area contributed by atoms with E-state index in [4.69, 9.17) is 0 Å². The minimum Gasteiger partial charge on any atom is -0.550 e. The van der Waals surface area contributed by atoms with Gasteiger partial charge in [-0.3, -0.25) is 9.59 Å². The highest BCUT2D eigenvalue weighted by Gasteiger charge is 2.08. The Morgan fingerprint density at radius 3 is 1.65 bits per heavy atom. The van der Waals surface area contributed by atoms with E-state index < -0.39 is 24.3 Å². The molecule has 0 amide bonds. The SMILES string of the molecule is CCCC.CCCC(=O)OC(=O)CCC(=O)[O-]. The van der Waals surface area contributed by atoms with Gasteiger partial charge in [-0.2, -0.15) is 0 Å². The number of aliphatic carboxylic acids is 1. The van der Waals surface area contributed by atoms with Gasteiger partial charge in [-0.25, -0.2) is 0 Å². The highest BCUT2D eigenvalue weighted by molar-refractivity contribution is 5.86. The van der Waals surface area contributed by atoms with Gasteiger partial charge in [0.15, 0.2) is 0 Å². The predicted molar refractivity (Wildman–Crippen MR) is 60.8 cm³/mol. The Labute approximate surface area is 102 Å². The third-order valence-corrected chi connectivity index (χ3v) is 1.72. The summed E-state index contributed by atoms with van der Waals surface area (Å²) in [6.07, 6.45) is 2.65. The number of carboxylic acid groups (broad SMARTS) is 1. The third-order valence-electron chi connectivity index (χ3n) is 1.72. The molecule has 0 radical (unpaired) electrons. The minimum atomic E-state index is -1.33. The summed E-state index contributed by atoms with van der Waals surface area (Å²) < 4.78 is 4.27. The summed E-state index contributed by atoms with van der Waals surface area (Å²) in [4.78, 5) is 31.3. The second-order valence-electron chi connectivity index (χ2n) is 3.47. The quantitative estimate of drug-likeness (QED) is 0.518. The van der Waals surface area contributed by atoms with Crippen molar-refractivity contribution in [2.75, 3.05) is 0 Å². The van der Waals surface area contributed by atoms with Crippen molar-refractivity contribution in [3.63, 3.8) is 0 Å². The number of carbonyl (C=O) groups is 3. The van der Waals surface area contributed by atoms with Crippen LogP contribution in [0.4, 0.5) is 0 Å². The standard InChI is InChI=1S/C8H12O5.C4H10/c1-2-3-7(11)13-8(12)5-4-6(9)10;1-3-4-2/h2-5H2,1H3,(H,9,10);3-4H2,1-2H3/p-1. The van der Waals surface area contributed by atoms with Crippen molar-refractivity contribution >= 4 is 17.9 Å². The molecule has 0 aromatic carbocycles. The summed E-state index contributed by atoms with van der Waals surface area (Å²) in [5.74, 6) is -2.77. The first-order valence-electron chi connectivity index (χ1n) is 5.91. The van der Waals surface area contributed by atoms with Crippen molar-refractivity contribution in [2.24, 2.45) is 0 Å². The monoisotopic (exact) mass is 245 g/mol. The van der Waals surface area contributed by atoms with Crippen molar-refractivity contribution in [1.82, 2.24) is 0 Å². The van der Waals surface area contributed by atoms with Gasteiger partial charge in [0, 0.05) is 12.4 Å². The largest absolute Gasteiger partial charge is 0.550 e. The number of ether oxygens (including phenoxy) is 1. The molecule has 0 saturated heterocycles. The van der Waals surface area contributed by atoms with Gasteiger partial charge in [0.1, 0.15) is 0 Å². The van der Waals surface area contributed by atoms with E-state index in [1.165, 1.54) is 12.8 Å². The molecule has 0 heterocycles. The Morgan fingerprint density at radius 1 is 0.824 bits per heavy atom. The molecule has 17 heavy (non-hydrogen) atoms. The number of esters is 2. The number of carbonyl (C=O) groups excluding carboxylic acids is 3. The summed E-state index contributed by atoms with van der Waals surface area (Å²) in [6.45, 7) is 6.13. The highest BCUT2D eigenvalue weighted by Crippen LogP contribution is 1.96. The van der Waals surface area contributed by atoms with E-state index in [1.807, 2.05) is 0 Å². The highest BCUT2D eigenvalue weighted by atomic mass is 16.6. The second-order valence-corrected chi connectivity index (χ2v) is 3.47. The average Bonchev–Trinajstić information content (AvgIpc) is 2.27. The molecular formula is C12H21O5-. The van der Waals surface area contributed by atoms with Crippen molar-refractivity contribution in [1.29, 1.82) is 0 Å². The van der Waals surface area contributed by atoms with E-state index in [0.717, 1.165) is 0 Å². The first-order chi connectivity index (χ1) is 7.97. The number of unbranched alkanes of at least 4 members (excludes halogenated alkanes) is 1. The van der Waals surface area contributed by atoms with Gasteiger partial charge in [0.25, 0.3) is 0 Å². The predicted octanol–water partition coefficient (Wildman–Crippen LogP) is 1.19. The summed E-state index contributed by atoms with van der Waals surface area (Å²) >= 11 is 0. The molecule has 0 atom stereocenters. The zero-order chi connectivity index (χ0) is 13.7. The van der Waals surface area contributed by atoms with Gasteiger partial charge >= 0.3 is 11.9 Å². The van der Waals surface area contributed by atoms with Gasteiger partial charge in [-0.1, -0.05) is 33.6 Å². The van der Waals surface area contributed by atoms with E-state index >= 15 is 0 Å². The maximum absolute atomic E-state index is 10.7. The molecule has 0 spiro atoms. The van der Waals surface area contributed by atoms with Crippen LogP contribution in [0.15, 0.2) is 0 Å². The van der Waals surface area contributed by atoms with Crippen LogP contribution in [0.25, 0.3) is 0 Å². The van der Waals surface area contributed by atoms with Gasteiger partial charge in [-0.05, 0) is 12.8 Å². The van der Waals surface area contributed by atoms with Gasteiger partial charge < -0.3 is 14.6 Å². The van der Waals surface area contributed by atoms with Crippen molar-refractivity contribution in [3.05, 3.63) is 0 Å². The average molecular weight is 245 g/mol. The summed E-state index contributed by atoms with van der Waals surface area (Å²) in [5.41, 5.74) is 0. The van der Waals surface area contributed by atoms with Crippen LogP contribution < -0.4 is 5.11 Å². The van der Waals surface area contributed by atoms with E-state index in [1.54, 1.807) is 6.92 Å². The Morgan fingerprint density at radius 2 is 1.29 bits per heavy atom. The van der Waals surface area contributed by atoms with E-state index in [2.05, 4.69) is 18.6 Å². The number of hydrogen-bond acceptors (Lipinski definition) is 5. The lowest BCUT2D eigenvalue weighted by Gasteiger charge is -2.02. The topological polar surface area (TPSA) is 83.5 Å². The third kappa shape index (κ3) is 17.2. The number of hydrogen-bond donors (Lipinski definition) is 0. The molecule has 100 valence electrons. The van der Waals surface area contributed by atoms with Crippen molar-refractivity contribution < 1.29 is 24.2 Å². The molecule has 0 unspecified atom stereocenters. The molecular weight excluding hydrogens is 224 g/mol. The second kappa shape index (κ2) is 12.7. The molecule has 0 aliphatic carbocycles. The van der Waals surface area contributed by atoms with Crippen LogP contribution in [0.3, 0.4) is 0 Å². The molecule has 0 aliphatic rings. The van der Waals surface area contributed by atoms with Crippen LogP contribution in [0.5, 0.6) is 0 Å². The molecule has 0 aromatic rings. The lowest BCUT2D eigenvalue weighted by atomic mass is 10.3. The molecule has 5 nitrogen and oxygen atoms in total. The van der Waals surface area contributed by atoms with Crippen molar-refractivity contribution in [2.45, 2.75) is 59.3 Å². The Balaban J connectivity index is 0. The lowest BCUT2D eigenvalue weighted by molar-refractivity contribution is -0.305. The van der Waals surface area contributed by atoms with Gasteiger partial charge in [0.05, 0.1) is 6.42 Å². The minimum absolute atomic E-state index is 0.164. The number of carboxylic acids is 1. The van der Waals surface area contributed by atoms with Crippen LogP contribution in [0.1, 0.15) is 59.3 Å². The van der Waals surface area contributed by atoms with Crippen LogP contribution in [-0.2, 0) is 19.1 Å². The maximum atomic E-state index is 10.7.